The van der Waals surface area contributed by atoms with E-state index in [9.17, 15) is 9.59 Å². The molecule has 1 aliphatic heterocycles. The first-order chi connectivity index (χ1) is 8.58. The van der Waals surface area contributed by atoms with Crippen molar-refractivity contribution < 1.29 is 9.59 Å². The molecule has 96 valence electrons. The van der Waals surface area contributed by atoms with Crippen LogP contribution in [0.2, 0.25) is 5.02 Å². The second kappa shape index (κ2) is 5.53. The van der Waals surface area contributed by atoms with Crippen molar-refractivity contribution in [3.05, 3.63) is 34.9 Å². The maximum absolute atomic E-state index is 12.0. The highest BCUT2D eigenvalue weighted by atomic mass is 35.5. The number of ketones is 1. The van der Waals surface area contributed by atoms with Crippen LogP contribution >= 0.6 is 11.6 Å². The van der Waals surface area contributed by atoms with Gasteiger partial charge >= 0.3 is 0 Å². The molecule has 0 aliphatic carbocycles. The van der Waals surface area contributed by atoms with Crippen LogP contribution in [-0.4, -0.2) is 29.7 Å². The Morgan fingerprint density at radius 2 is 1.89 bits per heavy atom. The van der Waals surface area contributed by atoms with E-state index in [4.69, 9.17) is 11.6 Å². The molecule has 2 rings (SSSR count). The number of halogens is 1. The number of carbonyl (C=O) groups excluding carboxylic acids is 2. The normalized spacial score (nSPS) is 16.0. The second-order valence-corrected chi connectivity index (χ2v) is 5.15. The smallest absolute Gasteiger partial charge is 0.225 e. The lowest BCUT2D eigenvalue weighted by molar-refractivity contribution is -0.138. The van der Waals surface area contributed by atoms with Crippen LogP contribution in [0.1, 0.15) is 30.1 Å². The summed E-state index contributed by atoms with van der Waals surface area (Å²) >= 11 is 5.77. The molecule has 1 heterocycles. The molecule has 1 aliphatic rings. The number of likely N-dealkylation sites (tertiary alicyclic amines) is 1. The van der Waals surface area contributed by atoms with Gasteiger partial charge in [0.05, 0.1) is 0 Å². The second-order valence-electron chi connectivity index (χ2n) is 4.71. The molecule has 1 aromatic rings. The largest absolute Gasteiger partial charge is 0.342 e. The zero-order valence-electron chi connectivity index (χ0n) is 10.4. The van der Waals surface area contributed by atoms with E-state index in [1.807, 2.05) is 6.92 Å². The summed E-state index contributed by atoms with van der Waals surface area (Å²) in [5.41, 5.74) is 0.614. The molecule has 0 saturated carbocycles. The van der Waals surface area contributed by atoms with Crippen molar-refractivity contribution >= 4 is 23.3 Å². The van der Waals surface area contributed by atoms with Gasteiger partial charge in [-0.15, -0.1) is 0 Å². The molecular formula is C14H16ClNO2. The monoisotopic (exact) mass is 265 g/mol. The third kappa shape index (κ3) is 2.91. The van der Waals surface area contributed by atoms with Gasteiger partial charge in [-0.25, -0.2) is 0 Å². The Morgan fingerprint density at radius 3 is 2.39 bits per heavy atom. The molecule has 1 saturated heterocycles. The molecule has 0 bridgehead atoms. The van der Waals surface area contributed by atoms with Gasteiger partial charge in [-0.3, -0.25) is 9.59 Å². The number of hydrogen-bond acceptors (Lipinski definition) is 2. The fourth-order valence-corrected chi connectivity index (χ4v) is 2.09. The molecule has 1 amide bonds. The minimum Gasteiger partial charge on any atom is -0.342 e. The van der Waals surface area contributed by atoms with E-state index in [-0.39, 0.29) is 24.0 Å². The number of benzene rings is 1. The quantitative estimate of drug-likeness (QED) is 0.785. The fraction of sp³-hybridized carbons (Fsp3) is 0.429. The molecule has 1 unspecified atom stereocenters. The topological polar surface area (TPSA) is 37.4 Å². The van der Waals surface area contributed by atoms with Gasteiger partial charge in [-0.1, -0.05) is 18.5 Å². The molecule has 0 spiro atoms. The maximum Gasteiger partial charge on any atom is 0.225 e. The number of nitrogens with zero attached hydrogens (tertiary/aromatic N) is 1. The summed E-state index contributed by atoms with van der Waals surface area (Å²) in [5, 5.41) is 0.608. The van der Waals surface area contributed by atoms with E-state index in [0.717, 1.165) is 19.5 Å². The molecule has 0 aromatic heterocycles. The van der Waals surface area contributed by atoms with E-state index in [2.05, 4.69) is 0 Å². The SMILES string of the molecule is CC(CC(=O)c1ccc(Cl)cc1)C(=O)N1CCC1. The molecule has 0 N–H and O–H groups in total. The Morgan fingerprint density at radius 1 is 1.28 bits per heavy atom. The van der Waals surface area contributed by atoms with E-state index in [0.29, 0.717) is 10.6 Å². The van der Waals surface area contributed by atoms with E-state index < -0.39 is 0 Å². The Kier molecular flexibility index (Phi) is 4.02. The minimum atomic E-state index is -0.242. The standard InChI is InChI=1S/C14H16ClNO2/c1-10(14(18)16-7-2-8-16)9-13(17)11-3-5-12(15)6-4-11/h3-6,10H,2,7-9H2,1H3. The summed E-state index contributed by atoms with van der Waals surface area (Å²) in [6, 6.07) is 6.78. The van der Waals surface area contributed by atoms with Crippen molar-refractivity contribution in [2.24, 2.45) is 5.92 Å². The zero-order chi connectivity index (χ0) is 13.1. The highest BCUT2D eigenvalue weighted by molar-refractivity contribution is 6.30. The molecule has 1 aromatic carbocycles. The average molecular weight is 266 g/mol. The van der Waals surface area contributed by atoms with Crippen LogP contribution in [0.3, 0.4) is 0 Å². The third-order valence-electron chi connectivity index (χ3n) is 3.25. The molecule has 0 radical (unpaired) electrons. The van der Waals surface area contributed by atoms with Crippen LogP contribution in [0, 0.1) is 5.92 Å². The van der Waals surface area contributed by atoms with E-state index in [1.165, 1.54) is 0 Å². The lowest BCUT2D eigenvalue weighted by Gasteiger charge is -2.33. The average Bonchev–Trinajstić information content (AvgIpc) is 2.27. The summed E-state index contributed by atoms with van der Waals surface area (Å²) in [6.07, 6.45) is 1.33. The summed E-state index contributed by atoms with van der Waals surface area (Å²) < 4.78 is 0. The third-order valence-corrected chi connectivity index (χ3v) is 3.50. The van der Waals surface area contributed by atoms with Gasteiger partial charge in [0.1, 0.15) is 0 Å². The first kappa shape index (κ1) is 13.1. The maximum atomic E-state index is 12.0. The van der Waals surface area contributed by atoms with Crippen LogP contribution in [0.4, 0.5) is 0 Å². The van der Waals surface area contributed by atoms with Crippen molar-refractivity contribution in [3.63, 3.8) is 0 Å². The number of rotatable bonds is 4. The van der Waals surface area contributed by atoms with Gasteiger partial charge in [0.25, 0.3) is 0 Å². The Hall–Kier alpha value is -1.35. The number of carbonyl (C=O) groups is 2. The van der Waals surface area contributed by atoms with Crippen molar-refractivity contribution in [1.29, 1.82) is 0 Å². The molecule has 3 nitrogen and oxygen atoms in total. The van der Waals surface area contributed by atoms with Gasteiger partial charge in [0.2, 0.25) is 5.91 Å². The highest BCUT2D eigenvalue weighted by Gasteiger charge is 2.26. The van der Waals surface area contributed by atoms with Gasteiger partial charge in [-0.05, 0) is 30.7 Å². The van der Waals surface area contributed by atoms with Crippen molar-refractivity contribution in [1.82, 2.24) is 4.90 Å². The van der Waals surface area contributed by atoms with Gasteiger partial charge in [0, 0.05) is 36.0 Å². The van der Waals surface area contributed by atoms with Gasteiger partial charge in [0.15, 0.2) is 5.78 Å². The lowest BCUT2D eigenvalue weighted by Crippen LogP contribution is -2.45. The van der Waals surface area contributed by atoms with Crippen molar-refractivity contribution in [3.8, 4) is 0 Å². The van der Waals surface area contributed by atoms with Gasteiger partial charge < -0.3 is 4.90 Å². The summed E-state index contributed by atoms with van der Waals surface area (Å²) in [5.74, 6) is -0.162. The summed E-state index contributed by atoms with van der Waals surface area (Å²) in [4.78, 5) is 25.7. The molecule has 1 atom stereocenters. The predicted octanol–water partition coefficient (Wildman–Crippen LogP) is 2.78. The van der Waals surface area contributed by atoms with Crippen molar-refractivity contribution in [2.75, 3.05) is 13.1 Å². The molecule has 4 heteroatoms. The number of Topliss-reactive ketones (excluding diaryl/α,β-unsaturated/α-hetero) is 1. The van der Waals surface area contributed by atoms with Crippen LogP contribution in [0.5, 0.6) is 0 Å². The van der Waals surface area contributed by atoms with E-state index >= 15 is 0 Å². The first-order valence-corrected chi connectivity index (χ1v) is 6.53. The summed E-state index contributed by atoms with van der Waals surface area (Å²) in [6.45, 7) is 3.48. The van der Waals surface area contributed by atoms with Crippen LogP contribution in [-0.2, 0) is 4.79 Å². The Balaban J connectivity index is 1.94. The number of amides is 1. The Bertz CT molecular complexity index is 451. The van der Waals surface area contributed by atoms with Gasteiger partial charge in [-0.2, -0.15) is 0 Å². The Labute approximate surface area is 112 Å². The molecule has 18 heavy (non-hydrogen) atoms. The first-order valence-electron chi connectivity index (χ1n) is 6.15. The highest BCUT2D eigenvalue weighted by Crippen LogP contribution is 2.17. The number of hydrogen-bond donors (Lipinski definition) is 0. The van der Waals surface area contributed by atoms with E-state index in [1.54, 1.807) is 29.2 Å². The molecular weight excluding hydrogens is 250 g/mol. The van der Waals surface area contributed by atoms with Crippen LogP contribution in [0.15, 0.2) is 24.3 Å². The zero-order valence-corrected chi connectivity index (χ0v) is 11.1. The fourth-order valence-electron chi connectivity index (χ4n) is 1.97. The predicted molar refractivity (Wildman–Crippen MR) is 70.8 cm³/mol. The summed E-state index contributed by atoms with van der Waals surface area (Å²) in [7, 11) is 0. The minimum absolute atomic E-state index is 0.00644. The van der Waals surface area contributed by atoms with Crippen molar-refractivity contribution in [2.45, 2.75) is 19.8 Å². The molecule has 1 fully saturated rings. The van der Waals surface area contributed by atoms with Crippen LogP contribution < -0.4 is 0 Å². The van der Waals surface area contributed by atoms with Crippen LogP contribution in [0.25, 0.3) is 0 Å². The lowest BCUT2D eigenvalue weighted by atomic mass is 9.97.